The van der Waals surface area contributed by atoms with Crippen LogP contribution in [-0.2, 0) is 6.42 Å². The number of aromatic nitrogens is 2. The van der Waals surface area contributed by atoms with Gasteiger partial charge in [-0.05, 0) is 45.1 Å². The molecule has 1 aromatic rings. The molecule has 0 radical (unpaired) electrons. The van der Waals surface area contributed by atoms with Gasteiger partial charge in [0.2, 0.25) is 0 Å². The fourth-order valence-electron chi connectivity index (χ4n) is 3.83. The molecule has 21 heavy (non-hydrogen) atoms. The summed E-state index contributed by atoms with van der Waals surface area (Å²) in [4.78, 5) is 11.4. The van der Waals surface area contributed by atoms with Gasteiger partial charge in [0.25, 0.3) is 0 Å². The molecule has 0 spiro atoms. The molecule has 0 aliphatic carbocycles. The minimum Gasteiger partial charge on any atom is -0.370 e. The maximum absolute atomic E-state index is 6.08. The fourth-order valence-corrected chi connectivity index (χ4v) is 4.03. The van der Waals surface area contributed by atoms with Gasteiger partial charge in [-0.3, -0.25) is 0 Å². The number of halogens is 1. The average molecular weight is 309 g/mol. The molecule has 3 heterocycles. The SMILES string of the molecule is CCCc1nc(Cl)cc(NCC2CC3CCC(C2)N3C)n1. The van der Waals surface area contributed by atoms with E-state index in [1.165, 1.54) is 25.7 Å². The van der Waals surface area contributed by atoms with Crippen molar-refractivity contribution in [1.29, 1.82) is 0 Å². The molecule has 2 aliphatic heterocycles. The summed E-state index contributed by atoms with van der Waals surface area (Å²) in [6, 6.07) is 3.42. The van der Waals surface area contributed by atoms with Crippen molar-refractivity contribution in [2.75, 3.05) is 18.9 Å². The minimum absolute atomic E-state index is 0.541. The maximum Gasteiger partial charge on any atom is 0.134 e. The van der Waals surface area contributed by atoms with Gasteiger partial charge in [0, 0.05) is 31.1 Å². The van der Waals surface area contributed by atoms with E-state index in [-0.39, 0.29) is 0 Å². The van der Waals surface area contributed by atoms with Crippen LogP contribution in [0.1, 0.15) is 44.9 Å². The quantitative estimate of drug-likeness (QED) is 0.847. The van der Waals surface area contributed by atoms with Gasteiger partial charge in [0.1, 0.15) is 16.8 Å². The zero-order chi connectivity index (χ0) is 14.8. The molecule has 2 fully saturated rings. The topological polar surface area (TPSA) is 41.1 Å². The van der Waals surface area contributed by atoms with Gasteiger partial charge in [-0.1, -0.05) is 18.5 Å². The van der Waals surface area contributed by atoms with E-state index in [4.69, 9.17) is 11.6 Å². The van der Waals surface area contributed by atoms with Crippen molar-refractivity contribution in [3.8, 4) is 0 Å². The van der Waals surface area contributed by atoms with Crippen LogP contribution >= 0.6 is 11.6 Å². The normalized spacial score (nSPS) is 28.8. The van der Waals surface area contributed by atoms with E-state index in [9.17, 15) is 0 Å². The van der Waals surface area contributed by atoms with E-state index in [1.807, 2.05) is 6.07 Å². The summed E-state index contributed by atoms with van der Waals surface area (Å²) in [7, 11) is 2.28. The van der Waals surface area contributed by atoms with Crippen LogP contribution in [0, 0.1) is 5.92 Å². The molecule has 5 heteroatoms. The van der Waals surface area contributed by atoms with E-state index in [2.05, 4.69) is 34.2 Å². The number of nitrogens with zero attached hydrogens (tertiary/aromatic N) is 3. The second-order valence-electron chi connectivity index (χ2n) is 6.51. The Morgan fingerprint density at radius 1 is 1.29 bits per heavy atom. The molecule has 1 aromatic heterocycles. The Morgan fingerprint density at radius 3 is 2.67 bits per heavy atom. The van der Waals surface area contributed by atoms with Crippen LogP contribution in [-0.4, -0.2) is 40.5 Å². The molecule has 4 nitrogen and oxygen atoms in total. The van der Waals surface area contributed by atoms with Gasteiger partial charge >= 0.3 is 0 Å². The molecule has 0 aromatic carbocycles. The Labute approximate surface area is 132 Å². The summed E-state index contributed by atoms with van der Waals surface area (Å²) in [5.74, 6) is 2.47. The second-order valence-corrected chi connectivity index (χ2v) is 6.90. The van der Waals surface area contributed by atoms with Gasteiger partial charge < -0.3 is 10.2 Å². The largest absolute Gasteiger partial charge is 0.370 e. The maximum atomic E-state index is 6.08. The van der Waals surface area contributed by atoms with E-state index in [1.54, 1.807) is 0 Å². The summed E-state index contributed by atoms with van der Waals surface area (Å²) in [6.45, 7) is 3.13. The van der Waals surface area contributed by atoms with Gasteiger partial charge in [0.05, 0.1) is 0 Å². The summed E-state index contributed by atoms with van der Waals surface area (Å²) in [5, 5.41) is 4.02. The van der Waals surface area contributed by atoms with Gasteiger partial charge in [0.15, 0.2) is 0 Å². The Bertz CT molecular complexity index is 479. The molecule has 2 atom stereocenters. The van der Waals surface area contributed by atoms with Gasteiger partial charge in [-0.25, -0.2) is 9.97 Å². The molecule has 2 unspecified atom stereocenters. The average Bonchev–Trinajstić information content (AvgIpc) is 2.67. The van der Waals surface area contributed by atoms with Crippen LogP contribution in [0.5, 0.6) is 0 Å². The first-order valence-electron chi connectivity index (χ1n) is 8.15. The minimum atomic E-state index is 0.541. The van der Waals surface area contributed by atoms with Crippen molar-refractivity contribution in [3.63, 3.8) is 0 Å². The first-order valence-corrected chi connectivity index (χ1v) is 8.52. The number of fused-ring (bicyclic) bond motifs is 2. The van der Waals surface area contributed by atoms with Crippen molar-refractivity contribution in [1.82, 2.24) is 14.9 Å². The molecule has 2 bridgehead atoms. The monoisotopic (exact) mass is 308 g/mol. The molecule has 116 valence electrons. The smallest absolute Gasteiger partial charge is 0.134 e. The molecule has 1 N–H and O–H groups in total. The second kappa shape index (κ2) is 6.49. The van der Waals surface area contributed by atoms with Gasteiger partial charge in [-0.2, -0.15) is 0 Å². The van der Waals surface area contributed by atoms with Gasteiger partial charge in [-0.15, -0.1) is 0 Å². The zero-order valence-electron chi connectivity index (χ0n) is 13.0. The van der Waals surface area contributed by atoms with Crippen LogP contribution in [0.25, 0.3) is 0 Å². The number of hydrogen-bond acceptors (Lipinski definition) is 4. The van der Waals surface area contributed by atoms with E-state index >= 15 is 0 Å². The lowest BCUT2D eigenvalue weighted by molar-refractivity contribution is 0.139. The Kier molecular flexibility index (Phi) is 4.65. The predicted octanol–water partition coefficient (Wildman–Crippen LogP) is 3.37. The number of hydrogen-bond donors (Lipinski definition) is 1. The predicted molar refractivity (Wildman–Crippen MR) is 86.8 cm³/mol. The van der Waals surface area contributed by atoms with Crippen molar-refractivity contribution < 1.29 is 0 Å². The molecular formula is C16H25ClN4. The Balaban J connectivity index is 1.58. The number of piperidine rings is 1. The van der Waals surface area contributed by atoms with Crippen LogP contribution in [0.2, 0.25) is 5.15 Å². The lowest BCUT2D eigenvalue weighted by atomic mass is 9.91. The standard InChI is InChI=1S/C16H25ClN4/c1-3-4-15-19-14(17)9-16(20-15)18-10-11-7-12-5-6-13(8-11)21(12)2/h9,11-13H,3-8,10H2,1-2H3,(H,18,19,20). The third kappa shape index (κ3) is 3.49. The molecular weight excluding hydrogens is 284 g/mol. The van der Waals surface area contributed by atoms with Crippen molar-refractivity contribution in [3.05, 3.63) is 17.0 Å². The summed E-state index contributed by atoms with van der Waals surface area (Å²) >= 11 is 6.08. The lowest BCUT2D eigenvalue weighted by Gasteiger charge is -2.36. The van der Waals surface area contributed by atoms with E-state index in [0.717, 1.165) is 49.0 Å². The Morgan fingerprint density at radius 2 is 2.00 bits per heavy atom. The molecule has 3 rings (SSSR count). The number of nitrogens with one attached hydrogen (secondary N) is 1. The Hall–Kier alpha value is -0.870. The first kappa shape index (κ1) is 15.0. The van der Waals surface area contributed by atoms with Crippen molar-refractivity contribution in [2.45, 2.75) is 57.5 Å². The van der Waals surface area contributed by atoms with Crippen LogP contribution in [0.3, 0.4) is 0 Å². The third-order valence-electron chi connectivity index (χ3n) is 4.98. The molecule has 2 saturated heterocycles. The highest BCUT2D eigenvalue weighted by atomic mass is 35.5. The third-order valence-corrected chi connectivity index (χ3v) is 5.18. The molecule has 0 amide bonds. The molecule has 0 saturated carbocycles. The molecule has 2 aliphatic rings. The summed E-state index contributed by atoms with van der Waals surface area (Å²) in [5.41, 5.74) is 0. The zero-order valence-corrected chi connectivity index (χ0v) is 13.7. The lowest BCUT2D eigenvalue weighted by Crippen LogP contribution is -2.41. The number of rotatable bonds is 5. The first-order chi connectivity index (χ1) is 10.2. The van der Waals surface area contributed by atoms with Crippen LogP contribution < -0.4 is 5.32 Å². The van der Waals surface area contributed by atoms with E-state index in [0.29, 0.717) is 5.15 Å². The van der Waals surface area contributed by atoms with Crippen LogP contribution in [0.4, 0.5) is 5.82 Å². The highest BCUT2D eigenvalue weighted by Gasteiger charge is 2.38. The highest BCUT2D eigenvalue weighted by Crippen LogP contribution is 2.37. The number of anilines is 1. The van der Waals surface area contributed by atoms with E-state index < -0.39 is 0 Å². The summed E-state index contributed by atoms with van der Waals surface area (Å²) in [6.07, 6.45) is 7.28. The number of aryl methyl sites for hydroxylation is 1. The summed E-state index contributed by atoms with van der Waals surface area (Å²) < 4.78 is 0. The van der Waals surface area contributed by atoms with Crippen LogP contribution in [0.15, 0.2) is 6.07 Å². The highest BCUT2D eigenvalue weighted by molar-refractivity contribution is 6.29. The van der Waals surface area contributed by atoms with Crippen molar-refractivity contribution in [2.24, 2.45) is 5.92 Å². The fraction of sp³-hybridized carbons (Fsp3) is 0.750. The van der Waals surface area contributed by atoms with Crippen molar-refractivity contribution >= 4 is 17.4 Å².